The van der Waals surface area contributed by atoms with Gasteiger partial charge < -0.3 is 5.32 Å². The van der Waals surface area contributed by atoms with Crippen LogP contribution >= 0.6 is 0 Å². The van der Waals surface area contributed by atoms with Crippen LogP contribution in [0.5, 0.6) is 0 Å². The molecule has 1 aliphatic heterocycles. The molecule has 1 fully saturated rings. The zero-order valence-electron chi connectivity index (χ0n) is 20.6. The molecule has 0 spiro atoms. The molecule has 37 heavy (non-hydrogen) atoms. The van der Waals surface area contributed by atoms with Gasteiger partial charge in [-0.25, -0.2) is 0 Å². The van der Waals surface area contributed by atoms with Crippen molar-refractivity contribution in [2.24, 2.45) is 0 Å². The molecule has 0 saturated carbocycles. The summed E-state index contributed by atoms with van der Waals surface area (Å²) in [7, 11) is 0. The Morgan fingerprint density at radius 3 is 2.00 bits per heavy atom. The van der Waals surface area contributed by atoms with Crippen LogP contribution in [-0.2, 0) is 4.79 Å². The van der Waals surface area contributed by atoms with Crippen molar-refractivity contribution in [3.8, 4) is 11.1 Å². The smallest absolute Gasteiger partial charge is 0.260 e. The van der Waals surface area contributed by atoms with E-state index in [9.17, 15) is 9.59 Å². The maximum atomic E-state index is 13.1. The van der Waals surface area contributed by atoms with Gasteiger partial charge in [-0.1, -0.05) is 91.0 Å². The highest BCUT2D eigenvalue weighted by Gasteiger charge is 2.30. The van der Waals surface area contributed by atoms with Gasteiger partial charge in [-0.05, 0) is 72.3 Å². The summed E-state index contributed by atoms with van der Waals surface area (Å²) in [6.07, 6.45) is 1.85. The summed E-state index contributed by atoms with van der Waals surface area (Å²) < 4.78 is 0. The van der Waals surface area contributed by atoms with Crippen molar-refractivity contribution in [3.63, 3.8) is 0 Å². The van der Waals surface area contributed by atoms with Gasteiger partial charge in [0.1, 0.15) is 6.04 Å². The predicted molar refractivity (Wildman–Crippen MR) is 147 cm³/mol. The van der Waals surface area contributed by atoms with Crippen LogP contribution in [0.15, 0.2) is 109 Å². The van der Waals surface area contributed by atoms with Gasteiger partial charge in [0.25, 0.3) is 11.8 Å². The summed E-state index contributed by atoms with van der Waals surface area (Å²) >= 11 is 0. The Morgan fingerprint density at radius 1 is 0.757 bits per heavy atom. The Balaban J connectivity index is 1.23. The van der Waals surface area contributed by atoms with E-state index >= 15 is 0 Å². The molecule has 1 saturated heterocycles. The number of carbonyl (C=O) groups is 2. The van der Waals surface area contributed by atoms with E-state index < -0.39 is 11.9 Å². The molecule has 185 valence electrons. The second-order valence-electron chi connectivity index (χ2n) is 9.48. The van der Waals surface area contributed by atoms with Crippen LogP contribution in [0.4, 0.5) is 5.69 Å². The van der Waals surface area contributed by atoms with Crippen LogP contribution in [0.25, 0.3) is 11.1 Å². The van der Waals surface area contributed by atoms with Gasteiger partial charge in [0, 0.05) is 11.3 Å². The molecule has 1 radical (unpaired) electrons. The van der Waals surface area contributed by atoms with Gasteiger partial charge in [-0.3, -0.25) is 20.2 Å². The Morgan fingerprint density at radius 2 is 1.35 bits per heavy atom. The molecule has 1 unspecified atom stereocenters. The maximum absolute atomic E-state index is 13.1. The van der Waals surface area contributed by atoms with Crippen molar-refractivity contribution in [1.29, 1.82) is 0 Å². The monoisotopic (exact) mass is 488 g/mol. The van der Waals surface area contributed by atoms with Crippen molar-refractivity contribution in [1.82, 2.24) is 10.6 Å². The number of hydrogen-bond acceptors (Lipinski definition) is 3. The van der Waals surface area contributed by atoms with Crippen LogP contribution in [-0.4, -0.2) is 29.8 Å². The van der Waals surface area contributed by atoms with Gasteiger partial charge >= 0.3 is 0 Å². The minimum Gasteiger partial charge on any atom is -0.322 e. The summed E-state index contributed by atoms with van der Waals surface area (Å²) in [6.45, 7) is 1.53. The van der Waals surface area contributed by atoms with Crippen LogP contribution < -0.4 is 11.1 Å². The van der Waals surface area contributed by atoms with Crippen LogP contribution in [0.1, 0.15) is 46.3 Å². The van der Waals surface area contributed by atoms with E-state index in [0.717, 1.165) is 48.3 Å². The van der Waals surface area contributed by atoms with E-state index in [1.807, 2.05) is 97.1 Å². The zero-order chi connectivity index (χ0) is 25.6. The molecular weight excluding hydrogens is 458 g/mol. The number of rotatable bonds is 7. The number of likely N-dealkylation sites (tertiary alicyclic amines) is 1. The fourth-order valence-corrected chi connectivity index (χ4v) is 5.24. The number of carbonyl (C=O) groups excluding carboxylic acids is 2. The van der Waals surface area contributed by atoms with Gasteiger partial charge in [0.2, 0.25) is 0 Å². The fraction of sp³-hybridized carbons (Fsp3) is 0.188. The molecule has 1 aliphatic rings. The number of nitrogens with one attached hydrogen (secondary N) is 2. The first-order chi connectivity index (χ1) is 18.1. The topological polar surface area (TPSA) is 73.2 Å². The van der Waals surface area contributed by atoms with Crippen molar-refractivity contribution in [2.45, 2.75) is 24.8 Å². The summed E-state index contributed by atoms with van der Waals surface area (Å²) in [5.41, 5.74) is 13.2. The molecule has 5 heteroatoms. The Bertz CT molecular complexity index is 1350. The van der Waals surface area contributed by atoms with Crippen molar-refractivity contribution in [2.75, 3.05) is 18.4 Å². The van der Waals surface area contributed by atoms with Gasteiger partial charge in [0.05, 0.1) is 0 Å². The van der Waals surface area contributed by atoms with E-state index in [1.54, 1.807) is 0 Å². The number of amides is 2. The first-order valence-electron chi connectivity index (χ1n) is 12.7. The minimum atomic E-state index is -0.557. The number of anilines is 1. The molecule has 1 heterocycles. The number of benzene rings is 4. The number of piperidine rings is 1. The second-order valence-corrected chi connectivity index (χ2v) is 9.48. The lowest BCUT2D eigenvalue weighted by atomic mass is 9.88. The quantitative estimate of drug-likeness (QED) is 0.330. The molecule has 5 nitrogen and oxygen atoms in total. The molecule has 0 bridgehead atoms. The summed E-state index contributed by atoms with van der Waals surface area (Å²) in [5, 5.41) is 3.05. The van der Waals surface area contributed by atoms with Crippen molar-refractivity contribution < 1.29 is 9.59 Å². The lowest BCUT2D eigenvalue weighted by Gasteiger charge is -2.36. The van der Waals surface area contributed by atoms with Crippen molar-refractivity contribution in [3.05, 3.63) is 126 Å². The number of hydrogen-bond donors (Lipinski definition) is 1. The van der Waals surface area contributed by atoms with E-state index in [0.29, 0.717) is 11.5 Å². The van der Waals surface area contributed by atoms with E-state index in [-0.39, 0.29) is 5.91 Å². The van der Waals surface area contributed by atoms with Crippen LogP contribution in [0, 0.1) is 0 Å². The van der Waals surface area contributed by atoms with Crippen LogP contribution in [0.2, 0.25) is 0 Å². The summed E-state index contributed by atoms with van der Waals surface area (Å²) in [4.78, 5) is 27.3. The average molecular weight is 489 g/mol. The van der Waals surface area contributed by atoms with Gasteiger partial charge in [-0.15, -0.1) is 0 Å². The lowest BCUT2D eigenvalue weighted by Crippen LogP contribution is -2.40. The second kappa shape index (κ2) is 11.2. The average Bonchev–Trinajstić information content (AvgIpc) is 2.95. The molecule has 0 aromatic heterocycles. The molecule has 2 amide bonds. The van der Waals surface area contributed by atoms with Gasteiger partial charge in [-0.2, -0.15) is 0 Å². The highest BCUT2D eigenvalue weighted by molar-refractivity contribution is 6.08. The largest absolute Gasteiger partial charge is 0.322 e. The van der Waals surface area contributed by atoms with E-state index in [2.05, 4.69) is 22.3 Å². The standard InChI is InChI=1S/C32H30N3O2/c33-31(36)30(26-11-5-2-6-12-26)35-21-19-24(20-22-35)23-15-17-27(18-16-23)34-32(37)29-14-8-7-13-28(29)25-9-3-1-4-10-25/h1-18,24,30,33H,19-22H2,(H,34,37). The maximum Gasteiger partial charge on any atom is 0.260 e. The normalized spacial score (nSPS) is 15.1. The Kier molecular flexibility index (Phi) is 7.43. The fourth-order valence-electron chi connectivity index (χ4n) is 5.24. The molecule has 2 N–H and O–H groups in total. The SMILES string of the molecule is [NH]C(=O)C(c1ccccc1)N1CCC(c2ccc(NC(=O)c3ccccc3-c3ccccc3)cc2)CC1. The summed E-state index contributed by atoms with van der Waals surface area (Å²) in [6, 6.07) is 34.8. The van der Waals surface area contributed by atoms with Gasteiger partial charge in [0.15, 0.2) is 0 Å². The summed E-state index contributed by atoms with van der Waals surface area (Å²) in [5.74, 6) is -0.303. The Labute approximate surface area is 217 Å². The molecule has 5 rings (SSSR count). The predicted octanol–water partition coefficient (Wildman–Crippen LogP) is 6.34. The Hall–Kier alpha value is -4.22. The minimum absolute atomic E-state index is 0.132. The molecule has 4 aromatic rings. The molecular formula is C32H30N3O2. The highest BCUT2D eigenvalue weighted by Crippen LogP contribution is 2.33. The van der Waals surface area contributed by atoms with E-state index in [1.165, 1.54) is 5.56 Å². The zero-order valence-corrected chi connectivity index (χ0v) is 20.6. The third-order valence-corrected chi connectivity index (χ3v) is 7.15. The van der Waals surface area contributed by atoms with Crippen molar-refractivity contribution >= 4 is 17.5 Å². The van der Waals surface area contributed by atoms with E-state index in [4.69, 9.17) is 5.73 Å². The third-order valence-electron chi connectivity index (χ3n) is 7.15. The first-order valence-corrected chi connectivity index (χ1v) is 12.7. The van der Waals surface area contributed by atoms with Crippen LogP contribution in [0.3, 0.4) is 0 Å². The first kappa shape index (κ1) is 24.5. The molecule has 4 aromatic carbocycles. The molecule has 1 atom stereocenters. The lowest BCUT2D eigenvalue weighted by molar-refractivity contribution is -0.124. The molecule has 0 aliphatic carbocycles. The highest BCUT2D eigenvalue weighted by atomic mass is 16.2. The third kappa shape index (κ3) is 5.63. The number of nitrogens with zero attached hydrogens (tertiary/aromatic N) is 1.